The topological polar surface area (TPSA) is 11.4 Å². The molecule has 101 heavy (non-hydrogen) atoms. The molecule has 4 aliphatic heterocycles. The van der Waals surface area contributed by atoms with Crippen molar-refractivity contribution in [3.8, 4) is 94.7 Å². The molecule has 16 aromatic rings. The van der Waals surface area contributed by atoms with Crippen LogP contribution < -0.4 is 26.2 Å². The third-order valence-electron chi connectivity index (χ3n) is 21.9. The molecule has 0 radical (unpaired) electrons. The van der Waals surface area contributed by atoms with E-state index in [4.69, 9.17) is 0 Å². The molecular weight excluding hydrogens is 1220 g/mol. The highest BCUT2D eigenvalue weighted by Gasteiger charge is 2.46. The Morgan fingerprint density at radius 2 is 0.703 bits per heavy atom. The Hall–Kier alpha value is -12.2. The van der Waals surface area contributed by atoms with E-state index in [1.54, 1.807) is 0 Å². The molecule has 4 heteroatoms. The van der Waals surface area contributed by atoms with E-state index in [1.165, 1.54) is 66.0 Å². The lowest BCUT2D eigenvalue weighted by atomic mass is 9.33. The van der Waals surface area contributed by atoms with Crippen molar-refractivity contribution in [1.82, 2.24) is 4.57 Å². The summed E-state index contributed by atoms with van der Waals surface area (Å²) in [7, 11) is 0. The van der Waals surface area contributed by atoms with Gasteiger partial charge in [-0.2, -0.15) is 0 Å². The molecule has 0 aliphatic carbocycles. The third-order valence-corrected chi connectivity index (χ3v) is 21.9. The second-order valence-electron chi connectivity index (χ2n) is 29.2. The van der Waals surface area contributed by atoms with Crippen LogP contribution in [0.1, 0.15) is 51.3 Å². The van der Waals surface area contributed by atoms with Crippen LogP contribution in [0.25, 0.3) is 117 Å². The SMILES string of the molecule is CC(C)(C)c1cc2cc(c1)C(C)(C)c1ccc(cc1)-n1c3ccccc3c3cc(-c4cc5c6c(c4)N(c4c(-c7ccccc7)cccc4-c4ccccc4)c4cc(-c7ccccc7)ccc4B6c4ccc(-c6ccccc6)cc4N5c4c(-c5ccccc5)cccc4-c4ccccc4)cc-2c31. The molecule has 0 N–H and O–H groups in total. The number of nitrogens with zero attached hydrogens (tertiary/aromatic N) is 3. The predicted molar refractivity (Wildman–Crippen MR) is 429 cm³/mol. The molecule has 0 saturated heterocycles. The van der Waals surface area contributed by atoms with Gasteiger partial charge in [0.15, 0.2) is 0 Å². The molecule has 478 valence electrons. The fourth-order valence-electron chi connectivity index (χ4n) is 16.8. The van der Waals surface area contributed by atoms with E-state index in [2.05, 4.69) is 395 Å². The van der Waals surface area contributed by atoms with Crippen LogP contribution in [0.5, 0.6) is 0 Å². The Morgan fingerprint density at radius 1 is 0.287 bits per heavy atom. The Morgan fingerprint density at radius 3 is 1.16 bits per heavy atom. The van der Waals surface area contributed by atoms with Gasteiger partial charge in [0.05, 0.1) is 22.4 Å². The van der Waals surface area contributed by atoms with Gasteiger partial charge in [0.2, 0.25) is 0 Å². The molecule has 4 bridgehead atoms. The first-order valence-corrected chi connectivity index (χ1v) is 35.5. The van der Waals surface area contributed by atoms with Gasteiger partial charge in [-0.25, -0.2) is 0 Å². The normalized spacial score (nSPS) is 13.2. The lowest BCUT2D eigenvalue weighted by molar-refractivity contribution is 0.582. The summed E-state index contributed by atoms with van der Waals surface area (Å²) < 4.78 is 2.54. The van der Waals surface area contributed by atoms with Crippen LogP contribution in [0.3, 0.4) is 0 Å². The molecule has 0 atom stereocenters. The van der Waals surface area contributed by atoms with Crippen molar-refractivity contribution >= 4 is 79.0 Å². The largest absolute Gasteiger partial charge is 0.310 e. The molecule has 4 aliphatic rings. The number of fused-ring (bicyclic) bond motifs is 8. The summed E-state index contributed by atoms with van der Waals surface area (Å²) in [6, 6.07) is 131. The Bertz CT molecular complexity index is 5570. The molecule has 15 aromatic carbocycles. The van der Waals surface area contributed by atoms with Crippen molar-refractivity contribution in [2.24, 2.45) is 0 Å². The van der Waals surface area contributed by atoms with Gasteiger partial charge >= 0.3 is 0 Å². The van der Waals surface area contributed by atoms with E-state index in [0.29, 0.717) is 0 Å². The van der Waals surface area contributed by atoms with Gasteiger partial charge in [-0.05, 0) is 154 Å². The van der Waals surface area contributed by atoms with Gasteiger partial charge in [-0.1, -0.05) is 326 Å². The molecule has 1 aromatic heterocycles. The summed E-state index contributed by atoms with van der Waals surface area (Å²) in [6.07, 6.45) is 0. The first-order chi connectivity index (χ1) is 49.5. The van der Waals surface area contributed by atoms with Gasteiger partial charge < -0.3 is 14.4 Å². The minimum absolute atomic E-state index is 0.144. The predicted octanol–water partition coefficient (Wildman–Crippen LogP) is 24.1. The van der Waals surface area contributed by atoms with Crippen LogP contribution in [-0.2, 0) is 10.8 Å². The molecular formula is C97H72BN3. The lowest BCUT2D eigenvalue weighted by Crippen LogP contribution is -2.61. The summed E-state index contributed by atoms with van der Waals surface area (Å²) in [4.78, 5) is 5.39. The molecule has 3 nitrogen and oxygen atoms in total. The van der Waals surface area contributed by atoms with Crippen molar-refractivity contribution in [3.05, 3.63) is 362 Å². The third kappa shape index (κ3) is 9.79. The van der Waals surface area contributed by atoms with Gasteiger partial charge in [-0.15, -0.1) is 0 Å². The number of para-hydroxylation sites is 3. The number of hydrogen-bond acceptors (Lipinski definition) is 2. The number of benzene rings is 15. The number of rotatable bonds is 9. The molecule has 20 rings (SSSR count). The summed E-state index contributed by atoms with van der Waals surface area (Å²) in [5, 5.41) is 2.41. The van der Waals surface area contributed by atoms with Crippen LogP contribution in [-0.4, -0.2) is 11.3 Å². The molecule has 0 spiro atoms. The van der Waals surface area contributed by atoms with Crippen molar-refractivity contribution in [1.29, 1.82) is 0 Å². The average molecular weight is 1290 g/mol. The number of hydrogen-bond donors (Lipinski definition) is 0. The number of aromatic nitrogens is 1. The van der Waals surface area contributed by atoms with E-state index in [0.717, 1.165) is 118 Å². The Balaban J connectivity index is 1.01. The van der Waals surface area contributed by atoms with Crippen LogP contribution in [0.15, 0.2) is 346 Å². The van der Waals surface area contributed by atoms with Crippen molar-refractivity contribution < 1.29 is 0 Å². The summed E-state index contributed by atoms with van der Waals surface area (Å²) in [5.41, 5.74) is 35.8. The van der Waals surface area contributed by atoms with E-state index in [-0.39, 0.29) is 17.5 Å². The molecule has 0 saturated carbocycles. The molecule has 0 fully saturated rings. The Labute approximate surface area is 592 Å². The number of anilines is 6. The molecule has 5 heterocycles. The molecule has 0 amide bonds. The van der Waals surface area contributed by atoms with Gasteiger partial charge in [0.1, 0.15) is 0 Å². The second kappa shape index (κ2) is 23.5. The van der Waals surface area contributed by atoms with Crippen LogP contribution in [0.4, 0.5) is 34.1 Å². The average Bonchev–Trinajstić information content (AvgIpc) is 1.12. The van der Waals surface area contributed by atoms with Gasteiger partial charge in [-0.3, -0.25) is 0 Å². The van der Waals surface area contributed by atoms with E-state index < -0.39 is 0 Å². The Kier molecular flexibility index (Phi) is 13.9. The maximum Gasteiger partial charge on any atom is 0.252 e. The van der Waals surface area contributed by atoms with Crippen LogP contribution >= 0.6 is 0 Å². The zero-order chi connectivity index (χ0) is 67.7. The fraction of sp³-hybridized carbons (Fsp3) is 0.0722. The zero-order valence-electron chi connectivity index (χ0n) is 57.3. The monoisotopic (exact) mass is 1290 g/mol. The quantitative estimate of drug-likeness (QED) is 0.133. The van der Waals surface area contributed by atoms with E-state index in [9.17, 15) is 0 Å². The smallest absolute Gasteiger partial charge is 0.252 e. The van der Waals surface area contributed by atoms with Crippen molar-refractivity contribution in [2.45, 2.75) is 45.4 Å². The minimum atomic E-state index is -0.298. The van der Waals surface area contributed by atoms with Crippen molar-refractivity contribution in [3.63, 3.8) is 0 Å². The summed E-state index contributed by atoms with van der Waals surface area (Å²) in [6.45, 7) is 11.7. The first-order valence-electron chi connectivity index (χ1n) is 35.5. The van der Waals surface area contributed by atoms with Gasteiger partial charge in [0, 0.05) is 72.4 Å². The fourth-order valence-corrected chi connectivity index (χ4v) is 16.8. The maximum absolute atomic E-state index is 2.69. The van der Waals surface area contributed by atoms with Gasteiger partial charge in [0.25, 0.3) is 6.71 Å². The standard InChI is InChI=1S/C97H72BN3/c1-96(2,3)75-54-73-55-76(62-75)97(4,5)74-48-50-77(51-49-74)99-87-45-25-24-40-82(87)84-57-71(56-83(73)95(84)99)72-60-90-92-91(61-72)101(94-80(67-36-20-10-21-37-67)43-27-44-81(94)68-38-22-11-23-39-68)89-59-70(64-30-14-7-15-31-64)47-53-86(89)98(92)85-52-46-69(63-28-12-6-13-29-63)58-88(85)100(90)93-78(65-32-16-8-17-33-65)41-26-42-79(93)66-34-18-9-19-35-66/h6-62H,1-5H3. The maximum atomic E-state index is 2.69. The summed E-state index contributed by atoms with van der Waals surface area (Å²) in [5.74, 6) is 0. The molecule has 0 unspecified atom stereocenters. The highest BCUT2D eigenvalue weighted by Crippen LogP contribution is 2.55. The summed E-state index contributed by atoms with van der Waals surface area (Å²) >= 11 is 0. The minimum Gasteiger partial charge on any atom is -0.310 e. The zero-order valence-corrected chi connectivity index (χ0v) is 57.3. The highest BCUT2D eigenvalue weighted by atomic mass is 15.2. The van der Waals surface area contributed by atoms with Crippen molar-refractivity contribution in [2.75, 3.05) is 9.80 Å². The van der Waals surface area contributed by atoms with Crippen LogP contribution in [0, 0.1) is 0 Å². The second-order valence-corrected chi connectivity index (χ2v) is 29.2. The van der Waals surface area contributed by atoms with Crippen LogP contribution in [0.2, 0.25) is 0 Å². The highest BCUT2D eigenvalue weighted by molar-refractivity contribution is 7.00. The lowest BCUT2D eigenvalue weighted by Gasteiger charge is -2.46. The first kappa shape index (κ1) is 60.0. The van der Waals surface area contributed by atoms with E-state index in [1.807, 2.05) is 0 Å². The van der Waals surface area contributed by atoms with E-state index >= 15 is 0 Å².